The Kier molecular flexibility index (Phi) is 4.36. The number of ether oxygens (including phenoxy) is 1. The fraction of sp³-hybridized carbons (Fsp3) is 0.905. The van der Waals surface area contributed by atoms with E-state index < -0.39 is 11.9 Å². The van der Waals surface area contributed by atoms with Gasteiger partial charge < -0.3 is 9.84 Å². The van der Waals surface area contributed by atoms with Crippen molar-refractivity contribution in [3.63, 3.8) is 0 Å². The summed E-state index contributed by atoms with van der Waals surface area (Å²) in [7, 11) is 1.43. The van der Waals surface area contributed by atoms with Crippen LogP contribution < -0.4 is 0 Å². The summed E-state index contributed by atoms with van der Waals surface area (Å²) in [6, 6.07) is 0. The molecule has 0 radical (unpaired) electrons. The van der Waals surface area contributed by atoms with Crippen molar-refractivity contribution < 1.29 is 19.4 Å². The summed E-state index contributed by atoms with van der Waals surface area (Å²) < 4.78 is 5.02. The van der Waals surface area contributed by atoms with Crippen LogP contribution in [-0.4, -0.2) is 24.2 Å². The molecule has 4 rings (SSSR count). The van der Waals surface area contributed by atoms with Crippen molar-refractivity contribution in [3.05, 3.63) is 0 Å². The first-order valence-corrected chi connectivity index (χ1v) is 10.2. The van der Waals surface area contributed by atoms with Gasteiger partial charge in [-0.1, -0.05) is 13.8 Å². The molecule has 1 N–H and O–H groups in total. The van der Waals surface area contributed by atoms with Crippen LogP contribution in [0.1, 0.15) is 52.4 Å². The van der Waals surface area contributed by atoms with E-state index >= 15 is 0 Å². The summed E-state index contributed by atoms with van der Waals surface area (Å²) >= 11 is 0. The van der Waals surface area contributed by atoms with Crippen molar-refractivity contribution in [2.75, 3.05) is 7.11 Å². The molecule has 4 aliphatic rings. The molecule has 0 heterocycles. The van der Waals surface area contributed by atoms with Gasteiger partial charge in [0.25, 0.3) is 0 Å². The SMILES string of the molecule is COC(=O)C(CC(C)C(=O)O)CC1C(C)C2CC1C1C3CCC(C3)C21. The number of fused-ring (bicyclic) bond motifs is 9. The van der Waals surface area contributed by atoms with Crippen molar-refractivity contribution in [3.8, 4) is 0 Å². The zero-order valence-electron chi connectivity index (χ0n) is 15.7. The van der Waals surface area contributed by atoms with Crippen molar-refractivity contribution in [2.24, 2.45) is 59.2 Å². The van der Waals surface area contributed by atoms with Gasteiger partial charge in [0.15, 0.2) is 0 Å². The van der Waals surface area contributed by atoms with Crippen LogP contribution in [0.2, 0.25) is 0 Å². The van der Waals surface area contributed by atoms with E-state index in [4.69, 9.17) is 4.74 Å². The van der Waals surface area contributed by atoms with Crippen LogP contribution in [0.4, 0.5) is 0 Å². The molecule has 10 unspecified atom stereocenters. The Labute approximate surface area is 150 Å². The zero-order valence-corrected chi connectivity index (χ0v) is 15.7. The smallest absolute Gasteiger partial charge is 0.308 e. The molecule has 25 heavy (non-hydrogen) atoms. The van der Waals surface area contributed by atoms with E-state index in [1.54, 1.807) is 6.92 Å². The molecule has 0 spiro atoms. The lowest BCUT2D eigenvalue weighted by atomic mass is 9.62. The predicted octanol–water partition coefficient (Wildman–Crippen LogP) is 3.84. The maximum Gasteiger partial charge on any atom is 0.308 e. The first-order chi connectivity index (χ1) is 11.9. The lowest BCUT2D eigenvalue weighted by Gasteiger charge is -2.43. The second-order valence-corrected chi connectivity index (χ2v) is 9.51. The average molecular weight is 348 g/mol. The highest BCUT2D eigenvalue weighted by Gasteiger charge is 2.64. The second-order valence-electron chi connectivity index (χ2n) is 9.51. The van der Waals surface area contributed by atoms with E-state index in [-0.39, 0.29) is 11.9 Å². The third-order valence-corrected chi connectivity index (χ3v) is 8.63. The van der Waals surface area contributed by atoms with Crippen molar-refractivity contribution in [1.29, 1.82) is 0 Å². The molecule has 4 saturated carbocycles. The van der Waals surface area contributed by atoms with Crippen LogP contribution in [0.5, 0.6) is 0 Å². The number of aliphatic carboxylic acids is 1. The van der Waals surface area contributed by atoms with Gasteiger partial charge >= 0.3 is 11.9 Å². The number of hydrogen-bond donors (Lipinski definition) is 1. The van der Waals surface area contributed by atoms with E-state index in [9.17, 15) is 14.7 Å². The standard InChI is InChI=1S/C21H32O4/c1-10(20(22)23)6-14(21(24)25-3)8-15-11(2)16-9-17(15)19-13-5-4-12(7-13)18(16)19/h10-19H,4-9H2,1-3H3,(H,22,23). The normalized spacial score (nSPS) is 46.0. The quantitative estimate of drug-likeness (QED) is 0.585. The van der Waals surface area contributed by atoms with Crippen LogP contribution in [0.15, 0.2) is 0 Å². The third kappa shape index (κ3) is 2.62. The molecule has 0 saturated heterocycles. The number of carbonyl (C=O) groups excluding carboxylic acids is 1. The highest BCUT2D eigenvalue weighted by Crippen LogP contribution is 2.70. The Balaban J connectivity index is 1.49. The zero-order chi connectivity index (χ0) is 17.9. The predicted molar refractivity (Wildman–Crippen MR) is 93.6 cm³/mol. The summed E-state index contributed by atoms with van der Waals surface area (Å²) in [5, 5.41) is 9.25. The third-order valence-electron chi connectivity index (χ3n) is 8.63. The summed E-state index contributed by atoms with van der Waals surface area (Å²) in [5.41, 5.74) is 0. The first kappa shape index (κ1) is 17.4. The van der Waals surface area contributed by atoms with E-state index in [0.717, 1.165) is 41.9 Å². The van der Waals surface area contributed by atoms with Gasteiger partial charge in [0.2, 0.25) is 0 Å². The van der Waals surface area contributed by atoms with Gasteiger partial charge in [0, 0.05) is 0 Å². The van der Waals surface area contributed by atoms with Gasteiger partial charge in [0.1, 0.15) is 0 Å². The second kappa shape index (κ2) is 6.28. The fourth-order valence-corrected chi connectivity index (χ4v) is 7.71. The monoisotopic (exact) mass is 348 g/mol. The number of carboxylic acids is 1. The number of hydrogen-bond acceptors (Lipinski definition) is 3. The number of carboxylic acid groups (broad SMARTS) is 1. The molecule has 0 amide bonds. The van der Waals surface area contributed by atoms with Gasteiger partial charge in [0.05, 0.1) is 18.9 Å². The van der Waals surface area contributed by atoms with Crippen LogP contribution in [0, 0.1) is 59.2 Å². The fourth-order valence-electron chi connectivity index (χ4n) is 7.71. The molecule has 0 aromatic heterocycles. The van der Waals surface area contributed by atoms with Crippen molar-refractivity contribution >= 4 is 11.9 Å². The minimum absolute atomic E-state index is 0.215. The molecule has 140 valence electrons. The molecular weight excluding hydrogens is 316 g/mol. The first-order valence-electron chi connectivity index (χ1n) is 10.2. The van der Waals surface area contributed by atoms with Gasteiger partial charge in [-0.15, -0.1) is 0 Å². The van der Waals surface area contributed by atoms with Gasteiger partial charge in [-0.05, 0) is 85.9 Å². The number of methoxy groups -OCH3 is 1. The lowest BCUT2D eigenvalue weighted by Crippen LogP contribution is -2.38. The van der Waals surface area contributed by atoms with Gasteiger partial charge in [-0.2, -0.15) is 0 Å². The largest absolute Gasteiger partial charge is 0.481 e. The molecular formula is C21H32O4. The average Bonchev–Trinajstić information content (AvgIpc) is 3.33. The summed E-state index contributed by atoms with van der Waals surface area (Å²) in [6.45, 7) is 4.10. The van der Waals surface area contributed by atoms with E-state index in [1.165, 1.54) is 32.8 Å². The minimum Gasteiger partial charge on any atom is -0.481 e. The molecule has 4 fully saturated rings. The summed E-state index contributed by atoms with van der Waals surface area (Å²) in [4.78, 5) is 23.6. The lowest BCUT2D eigenvalue weighted by molar-refractivity contribution is -0.149. The molecule has 4 aliphatic carbocycles. The van der Waals surface area contributed by atoms with Crippen LogP contribution in [-0.2, 0) is 14.3 Å². The Hall–Kier alpha value is -1.06. The Morgan fingerprint density at radius 3 is 2.36 bits per heavy atom. The van der Waals surface area contributed by atoms with E-state index in [2.05, 4.69) is 6.92 Å². The Morgan fingerprint density at radius 2 is 1.76 bits per heavy atom. The highest BCUT2D eigenvalue weighted by atomic mass is 16.5. The molecule has 0 aliphatic heterocycles. The Bertz CT molecular complexity index is 558. The Morgan fingerprint density at radius 1 is 1.12 bits per heavy atom. The maximum absolute atomic E-state index is 12.3. The molecule has 4 nitrogen and oxygen atoms in total. The molecule has 10 atom stereocenters. The molecule has 0 aromatic carbocycles. The van der Waals surface area contributed by atoms with Crippen LogP contribution in [0.25, 0.3) is 0 Å². The minimum atomic E-state index is -0.817. The summed E-state index contributed by atoms with van der Waals surface area (Å²) in [5.74, 6) is 4.88. The number of esters is 1. The topological polar surface area (TPSA) is 63.6 Å². The maximum atomic E-state index is 12.3. The van der Waals surface area contributed by atoms with Crippen molar-refractivity contribution in [2.45, 2.75) is 52.4 Å². The van der Waals surface area contributed by atoms with Crippen LogP contribution in [0.3, 0.4) is 0 Å². The van der Waals surface area contributed by atoms with E-state index in [0.29, 0.717) is 18.3 Å². The molecule has 0 aromatic rings. The summed E-state index contributed by atoms with van der Waals surface area (Å²) in [6.07, 6.45) is 6.92. The van der Waals surface area contributed by atoms with Crippen molar-refractivity contribution in [1.82, 2.24) is 0 Å². The highest BCUT2D eigenvalue weighted by molar-refractivity contribution is 5.74. The van der Waals surface area contributed by atoms with Gasteiger partial charge in [-0.3, -0.25) is 9.59 Å². The number of carbonyl (C=O) groups is 2. The molecule has 4 heteroatoms. The van der Waals surface area contributed by atoms with Gasteiger partial charge in [-0.25, -0.2) is 0 Å². The number of rotatable bonds is 6. The van der Waals surface area contributed by atoms with E-state index in [1.807, 2.05) is 0 Å². The molecule has 4 bridgehead atoms. The van der Waals surface area contributed by atoms with Crippen LogP contribution >= 0.6 is 0 Å².